The molecule has 0 amide bonds. The standard InChI is InChI=1S/C17H27N/c1-15(2)14-17-9-12-18(13-10-17)11-8-16-6-4-3-5-7-16/h3-7,15,17H,8-14H2,1-2H3. The Bertz CT molecular complexity index is 323. The average Bonchev–Trinajstić information content (AvgIpc) is 2.38. The summed E-state index contributed by atoms with van der Waals surface area (Å²) in [7, 11) is 0. The maximum absolute atomic E-state index is 2.64. The van der Waals surface area contributed by atoms with Crippen molar-refractivity contribution in [2.75, 3.05) is 19.6 Å². The van der Waals surface area contributed by atoms with Gasteiger partial charge in [0, 0.05) is 6.54 Å². The molecule has 2 rings (SSSR count). The van der Waals surface area contributed by atoms with Crippen LogP contribution in [0.5, 0.6) is 0 Å². The molecular formula is C17H27N. The van der Waals surface area contributed by atoms with Gasteiger partial charge in [0.25, 0.3) is 0 Å². The van der Waals surface area contributed by atoms with Gasteiger partial charge >= 0.3 is 0 Å². The van der Waals surface area contributed by atoms with E-state index in [2.05, 4.69) is 49.1 Å². The number of benzene rings is 1. The molecule has 1 saturated heterocycles. The second-order valence-corrected chi connectivity index (χ2v) is 6.15. The van der Waals surface area contributed by atoms with E-state index >= 15 is 0 Å². The molecule has 1 nitrogen and oxygen atoms in total. The van der Waals surface area contributed by atoms with Crippen LogP contribution in [-0.2, 0) is 6.42 Å². The van der Waals surface area contributed by atoms with Crippen molar-refractivity contribution in [3.05, 3.63) is 35.9 Å². The lowest BCUT2D eigenvalue weighted by Crippen LogP contribution is -2.35. The molecule has 0 bridgehead atoms. The number of hydrogen-bond donors (Lipinski definition) is 0. The van der Waals surface area contributed by atoms with E-state index in [9.17, 15) is 0 Å². The van der Waals surface area contributed by atoms with Crippen LogP contribution in [0.25, 0.3) is 0 Å². The zero-order chi connectivity index (χ0) is 12.8. The molecule has 0 spiro atoms. The Morgan fingerprint density at radius 2 is 1.78 bits per heavy atom. The molecular weight excluding hydrogens is 218 g/mol. The summed E-state index contributed by atoms with van der Waals surface area (Å²) in [5, 5.41) is 0. The van der Waals surface area contributed by atoms with Crippen molar-refractivity contribution >= 4 is 0 Å². The Morgan fingerprint density at radius 3 is 2.39 bits per heavy atom. The van der Waals surface area contributed by atoms with Crippen LogP contribution in [0.15, 0.2) is 30.3 Å². The molecule has 0 unspecified atom stereocenters. The summed E-state index contributed by atoms with van der Waals surface area (Å²) in [6, 6.07) is 10.9. The van der Waals surface area contributed by atoms with E-state index < -0.39 is 0 Å². The highest BCUT2D eigenvalue weighted by Crippen LogP contribution is 2.23. The third-order valence-corrected chi connectivity index (χ3v) is 4.07. The summed E-state index contributed by atoms with van der Waals surface area (Å²) >= 11 is 0. The van der Waals surface area contributed by atoms with E-state index in [1.165, 1.54) is 50.9 Å². The van der Waals surface area contributed by atoms with E-state index in [0.717, 1.165) is 11.8 Å². The highest BCUT2D eigenvalue weighted by Gasteiger charge is 2.19. The lowest BCUT2D eigenvalue weighted by molar-refractivity contribution is 0.172. The second kappa shape index (κ2) is 6.94. The molecule has 0 N–H and O–H groups in total. The first-order valence-corrected chi connectivity index (χ1v) is 7.50. The zero-order valence-electron chi connectivity index (χ0n) is 11.9. The van der Waals surface area contributed by atoms with Crippen LogP contribution in [-0.4, -0.2) is 24.5 Å². The van der Waals surface area contributed by atoms with E-state index in [0.29, 0.717) is 0 Å². The van der Waals surface area contributed by atoms with E-state index in [-0.39, 0.29) is 0 Å². The highest BCUT2D eigenvalue weighted by molar-refractivity contribution is 5.14. The lowest BCUT2D eigenvalue weighted by Gasteiger charge is -2.32. The third kappa shape index (κ3) is 4.45. The Balaban J connectivity index is 1.68. The highest BCUT2D eigenvalue weighted by atomic mass is 15.1. The van der Waals surface area contributed by atoms with Gasteiger partial charge in [-0.05, 0) is 56.2 Å². The van der Waals surface area contributed by atoms with Crippen molar-refractivity contribution in [3.8, 4) is 0 Å². The summed E-state index contributed by atoms with van der Waals surface area (Å²) < 4.78 is 0. The normalized spacial score (nSPS) is 18.4. The smallest absolute Gasteiger partial charge is 0.00218 e. The number of piperidine rings is 1. The predicted molar refractivity (Wildman–Crippen MR) is 78.8 cm³/mol. The predicted octanol–water partition coefficient (Wildman–Crippen LogP) is 3.99. The van der Waals surface area contributed by atoms with Crippen molar-refractivity contribution in [2.45, 2.75) is 39.5 Å². The van der Waals surface area contributed by atoms with Crippen molar-refractivity contribution < 1.29 is 0 Å². The van der Waals surface area contributed by atoms with Crippen molar-refractivity contribution in [1.82, 2.24) is 4.90 Å². The molecule has 0 aromatic heterocycles. The maximum Gasteiger partial charge on any atom is 0.00218 e. The second-order valence-electron chi connectivity index (χ2n) is 6.15. The van der Waals surface area contributed by atoms with Gasteiger partial charge in [-0.15, -0.1) is 0 Å². The van der Waals surface area contributed by atoms with Crippen molar-refractivity contribution in [3.63, 3.8) is 0 Å². The van der Waals surface area contributed by atoms with Gasteiger partial charge in [0.2, 0.25) is 0 Å². The van der Waals surface area contributed by atoms with Crippen molar-refractivity contribution in [1.29, 1.82) is 0 Å². The van der Waals surface area contributed by atoms with E-state index in [1.807, 2.05) is 0 Å². The Morgan fingerprint density at radius 1 is 1.11 bits per heavy atom. The molecule has 0 radical (unpaired) electrons. The minimum Gasteiger partial charge on any atom is -0.303 e. The third-order valence-electron chi connectivity index (χ3n) is 4.07. The van der Waals surface area contributed by atoms with Gasteiger partial charge in [-0.2, -0.15) is 0 Å². The molecule has 0 saturated carbocycles. The lowest BCUT2D eigenvalue weighted by atomic mass is 9.88. The van der Waals surface area contributed by atoms with Gasteiger partial charge in [0.05, 0.1) is 0 Å². The maximum atomic E-state index is 2.64. The summed E-state index contributed by atoms with van der Waals surface area (Å²) in [6.45, 7) is 8.55. The van der Waals surface area contributed by atoms with Gasteiger partial charge in [-0.3, -0.25) is 0 Å². The minimum absolute atomic E-state index is 0.867. The molecule has 18 heavy (non-hydrogen) atoms. The SMILES string of the molecule is CC(C)CC1CCN(CCc2ccccc2)CC1. The van der Waals surface area contributed by atoms with Gasteiger partial charge in [-0.1, -0.05) is 44.2 Å². The van der Waals surface area contributed by atoms with Crippen LogP contribution in [0.3, 0.4) is 0 Å². The quantitative estimate of drug-likeness (QED) is 0.758. The van der Waals surface area contributed by atoms with Crippen LogP contribution in [0, 0.1) is 11.8 Å². The zero-order valence-corrected chi connectivity index (χ0v) is 11.9. The fraction of sp³-hybridized carbons (Fsp3) is 0.647. The molecule has 1 aliphatic heterocycles. The largest absolute Gasteiger partial charge is 0.303 e. The van der Waals surface area contributed by atoms with Crippen LogP contribution < -0.4 is 0 Å². The van der Waals surface area contributed by atoms with E-state index in [1.54, 1.807) is 0 Å². The Kier molecular flexibility index (Phi) is 5.25. The van der Waals surface area contributed by atoms with Crippen LogP contribution >= 0.6 is 0 Å². The van der Waals surface area contributed by atoms with Crippen LogP contribution in [0.4, 0.5) is 0 Å². The first-order chi connectivity index (χ1) is 8.74. The summed E-state index contributed by atoms with van der Waals surface area (Å²) in [5.74, 6) is 1.85. The minimum atomic E-state index is 0.867. The average molecular weight is 245 g/mol. The summed E-state index contributed by atoms with van der Waals surface area (Å²) in [6.07, 6.45) is 5.45. The van der Waals surface area contributed by atoms with Gasteiger partial charge < -0.3 is 4.90 Å². The topological polar surface area (TPSA) is 3.24 Å². The van der Waals surface area contributed by atoms with Gasteiger partial charge in [-0.25, -0.2) is 0 Å². The molecule has 1 fully saturated rings. The van der Waals surface area contributed by atoms with E-state index in [4.69, 9.17) is 0 Å². The molecule has 1 heterocycles. The molecule has 100 valence electrons. The first kappa shape index (κ1) is 13.6. The van der Waals surface area contributed by atoms with Crippen molar-refractivity contribution in [2.24, 2.45) is 11.8 Å². The molecule has 1 heteroatoms. The summed E-state index contributed by atoms with van der Waals surface area (Å²) in [4.78, 5) is 2.64. The first-order valence-electron chi connectivity index (χ1n) is 7.50. The molecule has 0 aliphatic carbocycles. The molecule has 1 aromatic rings. The Hall–Kier alpha value is -0.820. The molecule has 1 aromatic carbocycles. The van der Waals surface area contributed by atoms with Gasteiger partial charge in [0.15, 0.2) is 0 Å². The fourth-order valence-corrected chi connectivity index (χ4v) is 3.04. The number of nitrogens with zero attached hydrogens (tertiary/aromatic N) is 1. The fourth-order valence-electron chi connectivity index (χ4n) is 3.04. The number of rotatable bonds is 5. The van der Waals surface area contributed by atoms with Crippen LogP contribution in [0.2, 0.25) is 0 Å². The monoisotopic (exact) mass is 245 g/mol. The molecule has 1 aliphatic rings. The Labute approximate surface area is 112 Å². The summed E-state index contributed by atoms with van der Waals surface area (Å²) in [5.41, 5.74) is 1.47. The number of likely N-dealkylation sites (tertiary alicyclic amines) is 1. The molecule has 0 atom stereocenters. The van der Waals surface area contributed by atoms with Gasteiger partial charge in [0.1, 0.15) is 0 Å². The number of hydrogen-bond acceptors (Lipinski definition) is 1. The van der Waals surface area contributed by atoms with Crippen LogP contribution in [0.1, 0.15) is 38.7 Å².